The molecule has 0 radical (unpaired) electrons. The van der Waals surface area contributed by atoms with Gasteiger partial charge in [-0.1, -0.05) is 0 Å². The van der Waals surface area contributed by atoms with E-state index in [1.54, 1.807) is 6.33 Å². The fourth-order valence-electron chi connectivity index (χ4n) is 4.12. The number of aromatic nitrogens is 4. The number of carbonyl (C=O) groups excluding carboxylic acids is 1. The maximum Gasteiger partial charge on any atom is 0.255 e. The van der Waals surface area contributed by atoms with Crippen LogP contribution in [-0.2, 0) is 6.54 Å². The Bertz CT molecular complexity index is 750. The first kappa shape index (κ1) is 17.7. The van der Waals surface area contributed by atoms with Crippen molar-refractivity contribution in [1.29, 1.82) is 0 Å². The van der Waals surface area contributed by atoms with E-state index in [0.29, 0.717) is 12.0 Å². The van der Waals surface area contributed by atoms with E-state index in [2.05, 4.69) is 54.0 Å². The van der Waals surface area contributed by atoms with E-state index in [0.717, 1.165) is 55.3 Å². The first-order valence-corrected chi connectivity index (χ1v) is 9.29. The molecule has 0 bridgehead atoms. The molecule has 0 unspecified atom stereocenters. The summed E-state index contributed by atoms with van der Waals surface area (Å²) in [7, 11) is 0. The summed E-state index contributed by atoms with van der Waals surface area (Å²) < 4.78 is 4.35. The van der Waals surface area contributed by atoms with Crippen LogP contribution < -0.4 is 0 Å². The molecule has 0 N–H and O–H groups in total. The van der Waals surface area contributed by atoms with Gasteiger partial charge in [-0.2, -0.15) is 0 Å². The van der Waals surface area contributed by atoms with Crippen LogP contribution in [0, 0.1) is 13.8 Å². The summed E-state index contributed by atoms with van der Waals surface area (Å²) in [5.74, 6) is 1.62. The Morgan fingerprint density at radius 2 is 1.96 bits per heavy atom. The quantitative estimate of drug-likeness (QED) is 0.856. The molecule has 3 rings (SSSR count). The lowest BCUT2D eigenvalue weighted by Crippen LogP contribution is -2.38. The van der Waals surface area contributed by atoms with Crippen LogP contribution in [-0.4, -0.2) is 43.2 Å². The van der Waals surface area contributed by atoms with Crippen LogP contribution in [0.3, 0.4) is 0 Å². The van der Waals surface area contributed by atoms with Crippen molar-refractivity contribution < 1.29 is 4.79 Å². The van der Waals surface area contributed by atoms with E-state index >= 15 is 0 Å². The summed E-state index contributed by atoms with van der Waals surface area (Å²) in [5, 5.41) is 8.33. The Morgan fingerprint density at radius 3 is 2.52 bits per heavy atom. The number of amides is 1. The number of likely N-dealkylation sites (tertiary alicyclic amines) is 1. The zero-order valence-corrected chi connectivity index (χ0v) is 16.0. The van der Waals surface area contributed by atoms with Crippen molar-refractivity contribution in [2.24, 2.45) is 0 Å². The summed E-state index contributed by atoms with van der Waals surface area (Å²) in [6.07, 6.45) is 3.70. The van der Waals surface area contributed by atoms with Crippen LogP contribution in [0.5, 0.6) is 0 Å². The van der Waals surface area contributed by atoms with Gasteiger partial charge in [-0.15, -0.1) is 10.2 Å². The van der Waals surface area contributed by atoms with Crippen LogP contribution in [0.4, 0.5) is 0 Å². The highest BCUT2D eigenvalue weighted by Gasteiger charge is 2.29. The van der Waals surface area contributed by atoms with Crippen LogP contribution >= 0.6 is 0 Å². The molecule has 6 heteroatoms. The van der Waals surface area contributed by atoms with E-state index < -0.39 is 0 Å². The van der Waals surface area contributed by atoms with Gasteiger partial charge in [-0.25, -0.2) is 0 Å². The van der Waals surface area contributed by atoms with Crippen molar-refractivity contribution in [2.75, 3.05) is 13.1 Å². The third-order valence-electron chi connectivity index (χ3n) is 5.36. The fraction of sp³-hybridized carbons (Fsp3) is 0.632. The van der Waals surface area contributed by atoms with Crippen LogP contribution in [0.2, 0.25) is 0 Å². The molecule has 0 aliphatic carbocycles. The smallest absolute Gasteiger partial charge is 0.255 e. The van der Waals surface area contributed by atoms with E-state index in [4.69, 9.17) is 0 Å². The molecule has 2 aromatic heterocycles. The monoisotopic (exact) mass is 343 g/mol. The lowest BCUT2D eigenvalue weighted by Gasteiger charge is -2.31. The van der Waals surface area contributed by atoms with Crippen LogP contribution in [0.1, 0.15) is 73.1 Å². The van der Waals surface area contributed by atoms with Crippen molar-refractivity contribution in [3.05, 3.63) is 35.2 Å². The predicted molar refractivity (Wildman–Crippen MR) is 97.9 cm³/mol. The fourth-order valence-corrected chi connectivity index (χ4v) is 4.12. The van der Waals surface area contributed by atoms with Gasteiger partial charge in [0.05, 0.1) is 5.56 Å². The topological polar surface area (TPSA) is 56.0 Å². The van der Waals surface area contributed by atoms with Gasteiger partial charge in [-0.05, 0) is 53.5 Å². The average molecular weight is 343 g/mol. The number of hydrogen-bond acceptors (Lipinski definition) is 3. The number of aryl methyl sites for hydroxylation is 2. The number of rotatable bonds is 4. The molecule has 0 saturated carbocycles. The van der Waals surface area contributed by atoms with Crippen molar-refractivity contribution in [1.82, 2.24) is 24.2 Å². The van der Waals surface area contributed by atoms with Gasteiger partial charge >= 0.3 is 0 Å². The molecule has 25 heavy (non-hydrogen) atoms. The minimum Gasteiger partial charge on any atom is -0.346 e. The second kappa shape index (κ2) is 7.02. The van der Waals surface area contributed by atoms with E-state index in [1.165, 1.54) is 0 Å². The molecule has 3 heterocycles. The second-order valence-corrected chi connectivity index (χ2v) is 7.29. The van der Waals surface area contributed by atoms with Crippen molar-refractivity contribution in [3.63, 3.8) is 0 Å². The minimum absolute atomic E-state index is 0.162. The van der Waals surface area contributed by atoms with Crippen LogP contribution in [0.15, 0.2) is 12.4 Å². The first-order valence-electron chi connectivity index (χ1n) is 9.29. The van der Waals surface area contributed by atoms with Crippen molar-refractivity contribution in [3.8, 4) is 0 Å². The molecule has 0 aromatic carbocycles. The molecule has 0 spiro atoms. The Labute approximate surface area is 149 Å². The van der Waals surface area contributed by atoms with Gasteiger partial charge in [0, 0.05) is 43.0 Å². The third kappa shape index (κ3) is 3.22. The molecule has 0 atom stereocenters. The summed E-state index contributed by atoms with van der Waals surface area (Å²) in [6, 6.07) is 2.41. The van der Waals surface area contributed by atoms with Crippen molar-refractivity contribution >= 4 is 5.91 Å². The van der Waals surface area contributed by atoms with Gasteiger partial charge in [0.25, 0.3) is 5.91 Å². The lowest BCUT2D eigenvalue weighted by atomic mass is 9.95. The molecular formula is C19H29N5O. The lowest BCUT2D eigenvalue weighted by molar-refractivity contribution is 0.0709. The molecular weight excluding hydrogens is 314 g/mol. The largest absolute Gasteiger partial charge is 0.346 e. The maximum absolute atomic E-state index is 13.0. The summed E-state index contributed by atoms with van der Waals surface area (Å²) >= 11 is 0. The minimum atomic E-state index is 0.162. The highest BCUT2D eigenvalue weighted by Crippen LogP contribution is 2.28. The number of piperidine rings is 1. The third-order valence-corrected chi connectivity index (χ3v) is 5.36. The van der Waals surface area contributed by atoms with Gasteiger partial charge in [0.15, 0.2) is 0 Å². The average Bonchev–Trinajstić information content (AvgIpc) is 3.18. The van der Waals surface area contributed by atoms with E-state index in [-0.39, 0.29) is 5.91 Å². The molecule has 2 aromatic rings. The molecule has 1 saturated heterocycles. The number of carbonyl (C=O) groups is 1. The molecule has 1 fully saturated rings. The zero-order valence-electron chi connectivity index (χ0n) is 16.0. The maximum atomic E-state index is 13.0. The SMILES string of the molecule is CCn1cnnc1C1CCN(C(=O)c2cc(C)n(C(C)C)c2C)CC1. The highest BCUT2D eigenvalue weighted by molar-refractivity contribution is 5.95. The normalized spacial score (nSPS) is 16.0. The molecule has 1 aliphatic heterocycles. The predicted octanol–water partition coefficient (Wildman–Crippen LogP) is 3.32. The molecule has 1 aliphatic rings. The van der Waals surface area contributed by atoms with E-state index in [9.17, 15) is 4.79 Å². The summed E-state index contributed by atoms with van der Waals surface area (Å²) in [5.41, 5.74) is 3.08. The highest BCUT2D eigenvalue weighted by atomic mass is 16.2. The number of hydrogen-bond donors (Lipinski definition) is 0. The van der Waals surface area contributed by atoms with Gasteiger partial charge in [0.2, 0.25) is 0 Å². The van der Waals surface area contributed by atoms with Crippen molar-refractivity contribution in [2.45, 2.75) is 66.0 Å². The Balaban J connectivity index is 1.71. The second-order valence-electron chi connectivity index (χ2n) is 7.29. The Hall–Kier alpha value is -2.11. The number of nitrogens with zero attached hydrogens (tertiary/aromatic N) is 5. The Kier molecular flexibility index (Phi) is 4.97. The zero-order chi connectivity index (χ0) is 18.1. The molecule has 1 amide bonds. The first-order chi connectivity index (χ1) is 11.9. The van der Waals surface area contributed by atoms with Gasteiger partial charge in [0.1, 0.15) is 12.2 Å². The molecule has 6 nitrogen and oxygen atoms in total. The van der Waals surface area contributed by atoms with E-state index in [1.807, 2.05) is 11.0 Å². The van der Waals surface area contributed by atoms with Gasteiger partial charge in [-0.3, -0.25) is 4.79 Å². The Morgan fingerprint density at radius 1 is 1.28 bits per heavy atom. The molecule has 136 valence electrons. The summed E-state index contributed by atoms with van der Waals surface area (Å²) in [6.45, 7) is 13.0. The van der Waals surface area contributed by atoms with Crippen LogP contribution in [0.25, 0.3) is 0 Å². The standard InChI is InChI=1S/C19H29N5O/c1-6-22-12-20-21-18(22)16-7-9-23(10-8-16)19(25)17-11-14(4)24(13(2)3)15(17)5/h11-13,16H,6-10H2,1-5H3. The van der Waals surface area contributed by atoms with Gasteiger partial charge < -0.3 is 14.0 Å². The summed E-state index contributed by atoms with van der Waals surface area (Å²) in [4.78, 5) is 15.0.